The average Bonchev–Trinajstić information content (AvgIpc) is 3.23. The smallest absolute Gasteiger partial charge is 0.406 e. The predicted molar refractivity (Wildman–Crippen MR) is 135 cm³/mol. The molecule has 13 heteroatoms. The van der Waals surface area contributed by atoms with Crippen molar-refractivity contribution in [1.29, 1.82) is 0 Å². The van der Waals surface area contributed by atoms with E-state index < -0.39 is 12.4 Å². The number of anilines is 1. The van der Waals surface area contributed by atoms with Gasteiger partial charge in [0.05, 0.1) is 16.3 Å². The van der Waals surface area contributed by atoms with Crippen LogP contribution < -0.4 is 25.6 Å². The molecule has 3 N–H and O–H groups in total. The lowest BCUT2D eigenvalue weighted by Gasteiger charge is -2.46. The Morgan fingerprint density at radius 1 is 1.29 bits per heavy atom. The number of nitrogens with one attached hydrogen (secondary N) is 3. The van der Waals surface area contributed by atoms with Gasteiger partial charge in [-0.1, -0.05) is 18.3 Å². The Bertz CT molecular complexity index is 1210. The molecule has 0 saturated carbocycles. The third kappa shape index (κ3) is 5.08. The van der Waals surface area contributed by atoms with Gasteiger partial charge in [0.1, 0.15) is 5.75 Å². The number of alkyl halides is 3. The van der Waals surface area contributed by atoms with Gasteiger partial charge in [-0.3, -0.25) is 14.5 Å². The number of piperidine rings is 2. The number of nitrogens with zero attached hydrogens (tertiary/aromatic N) is 2. The second kappa shape index (κ2) is 10.2. The second-order valence-electron chi connectivity index (χ2n) is 9.71. The molecule has 0 aromatic heterocycles. The number of urea groups is 1. The van der Waals surface area contributed by atoms with Crippen LogP contribution in [0, 0.1) is 12.8 Å². The van der Waals surface area contributed by atoms with Gasteiger partial charge in [-0.2, -0.15) is 0 Å². The second-order valence-corrected chi connectivity index (χ2v) is 10.9. The summed E-state index contributed by atoms with van der Waals surface area (Å²) in [5, 5.41) is 9.20. The zero-order chi connectivity index (χ0) is 27.2. The van der Waals surface area contributed by atoms with Crippen molar-refractivity contribution in [3.63, 3.8) is 0 Å². The molecule has 0 spiro atoms. The van der Waals surface area contributed by atoms with Crippen LogP contribution in [0.4, 0.5) is 23.7 Å². The van der Waals surface area contributed by atoms with Gasteiger partial charge in [-0.05, 0) is 62.6 Å². The molecule has 4 amide bonds. The van der Waals surface area contributed by atoms with Crippen molar-refractivity contribution >= 4 is 35.3 Å². The molecule has 0 aliphatic carbocycles. The van der Waals surface area contributed by atoms with Crippen LogP contribution in [-0.2, 0) is 9.59 Å². The molecule has 4 aliphatic heterocycles. The van der Waals surface area contributed by atoms with E-state index in [1.165, 1.54) is 36.0 Å². The van der Waals surface area contributed by atoms with Gasteiger partial charge in [-0.25, -0.2) is 4.79 Å². The summed E-state index contributed by atoms with van der Waals surface area (Å²) in [5.41, 5.74) is 1.50. The van der Waals surface area contributed by atoms with E-state index in [4.69, 9.17) is 0 Å². The lowest BCUT2D eigenvalue weighted by atomic mass is 9.86. The van der Waals surface area contributed by atoms with E-state index in [2.05, 4.69) is 27.3 Å². The van der Waals surface area contributed by atoms with Gasteiger partial charge in [0.2, 0.25) is 5.91 Å². The zero-order valence-corrected chi connectivity index (χ0v) is 21.5. The molecule has 5 rings (SSSR count). The maximum Gasteiger partial charge on any atom is 0.573 e. The first kappa shape index (κ1) is 26.4. The molecule has 1 aromatic carbocycles. The Morgan fingerprint density at radius 2 is 2.08 bits per heavy atom. The third-order valence-electron chi connectivity index (χ3n) is 7.25. The van der Waals surface area contributed by atoms with E-state index in [9.17, 15) is 27.6 Å². The molecule has 4 heterocycles. The summed E-state index contributed by atoms with van der Waals surface area (Å²) >= 11 is 1.36. The Hall–Kier alpha value is -3.19. The number of halogens is 3. The summed E-state index contributed by atoms with van der Waals surface area (Å²) < 4.78 is 42.0. The average molecular weight is 552 g/mol. The summed E-state index contributed by atoms with van der Waals surface area (Å²) in [4.78, 5) is 42.4. The fraction of sp³-hybridized carbons (Fsp3) is 0.480. The summed E-state index contributed by atoms with van der Waals surface area (Å²) in [6.45, 7) is 6.78. The van der Waals surface area contributed by atoms with E-state index in [1.807, 2.05) is 0 Å². The van der Waals surface area contributed by atoms with Crippen molar-refractivity contribution in [2.24, 2.45) is 5.92 Å². The molecule has 4 aliphatic rings. The number of benzene rings is 1. The van der Waals surface area contributed by atoms with Crippen molar-refractivity contribution < 1.29 is 32.3 Å². The van der Waals surface area contributed by atoms with E-state index >= 15 is 0 Å². The highest BCUT2D eigenvalue weighted by atomic mass is 32.2. The van der Waals surface area contributed by atoms with Gasteiger partial charge in [0.15, 0.2) is 0 Å². The van der Waals surface area contributed by atoms with Crippen LogP contribution in [0.15, 0.2) is 41.5 Å². The monoisotopic (exact) mass is 551 g/mol. The van der Waals surface area contributed by atoms with Gasteiger partial charge in [0.25, 0.3) is 5.91 Å². The minimum Gasteiger partial charge on any atom is -0.406 e. The van der Waals surface area contributed by atoms with Crippen molar-refractivity contribution in [3.05, 3.63) is 47.0 Å². The van der Waals surface area contributed by atoms with Crippen LogP contribution in [-0.4, -0.2) is 66.2 Å². The van der Waals surface area contributed by atoms with Crippen molar-refractivity contribution in [2.45, 2.75) is 50.0 Å². The van der Waals surface area contributed by atoms with Crippen LogP contribution in [0.2, 0.25) is 0 Å². The maximum atomic E-state index is 13.4. The number of thioether (sulfide) groups is 1. The normalized spacial score (nSPS) is 27.0. The summed E-state index contributed by atoms with van der Waals surface area (Å²) in [5.74, 6) is -1.03. The number of rotatable bonds is 5. The lowest BCUT2D eigenvalue weighted by molar-refractivity contribution is -0.274. The lowest BCUT2D eigenvalue weighted by Crippen LogP contribution is -2.62. The Morgan fingerprint density at radius 3 is 2.79 bits per heavy atom. The Kier molecular flexibility index (Phi) is 7.07. The summed E-state index contributed by atoms with van der Waals surface area (Å²) in [6, 6.07) is 2.97. The predicted octanol–water partition coefficient (Wildman–Crippen LogP) is 2.98. The highest BCUT2D eigenvalue weighted by Crippen LogP contribution is 2.48. The highest BCUT2D eigenvalue weighted by Gasteiger charge is 2.52. The molecule has 0 radical (unpaired) electrons. The summed E-state index contributed by atoms with van der Waals surface area (Å²) in [7, 11) is 0. The molecule has 4 atom stereocenters. The number of aryl methyl sites for hydroxylation is 1. The van der Waals surface area contributed by atoms with Crippen molar-refractivity contribution in [1.82, 2.24) is 20.9 Å². The number of carbonyl (C=O) groups is 3. The van der Waals surface area contributed by atoms with E-state index in [0.717, 1.165) is 12.8 Å². The number of carbonyl (C=O) groups excluding carboxylic acids is 3. The topological polar surface area (TPSA) is 103 Å². The number of hydrogen-bond donors (Lipinski definition) is 3. The number of hydrogen-bond acceptors (Lipinski definition) is 6. The van der Waals surface area contributed by atoms with Crippen molar-refractivity contribution in [3.8, 4) is 5.75 Å². The molecule has 3 unspecified atom stereocenters. The fourth-order valence-corrected chi connectivity index (χ4v) is 7.07. The van der Waals surface area contributed by atoms with Gasteiger partial charge in [-0.15, -0.1) is 13.2 Å². The maximum absolute atomic E-state index is 13.4. The summed E-state index contributed by atoms with van der Waals surface area (Å²) in [6.07, 6.45) is -1.44. The van der Waals surface area contributed by atoms with E-state index in [-0.39, 0.29) is 40.9 Å². The molecule has 9 nitrogen and oxygen atoms in total. The van der Waals surface area contributed by atoms with Gasteiger partial charge in [0, 0.05) is 36.4 Å². The molecular weight excluding hydrogens is 523 g/mol. The van der Waals surface area contributed by atoms with Gasteiger partial charge < -0.3 is 25.6 Å². The zero-order valence-electron chi connectivity index (χ0n) is 20.6. The molecule has 3 fully saturated rings. The number of amides is 4. The number of likely N-dealkylation sites (tertiary alicyclic amines) is 1. The molecule has 204 valence electrons. The minimum atomic E-state index is -4.81. The number of ether oxygens (including phenoxy) is 1. The first-order valence-electron chi connectivity index (χ1n) is 12.4. The van der Waals surface area contributed by atoms with Crippen molar-refractivity contribution in [2.75, 3.05) is 24.5 Å². The van der Waals surface area contributed by atoms with Crippen LogP contribution in [0.25, 0.3) is 0 Å². The molecule has 0 bridgehead atoms. The molecule has 38 heavy (non-hydrogen) atoms. The van der Waals surface area contributed by atoms with Crippen LogP contribution in [0.1, 0.15) is 24.8 Å². The Balaban J connectivity index is 1.37. The quantitative estimate of drug-likeness (QED) is 0.487. The van der Waals surface area contributed by atoms with Crippen LogP contribution >= 0.6 is 11.8 Å². The minimum absolute atomic E-state index is 0.147. The SMILES string of the molecule is C=CC(=O)N1CCC[C@@H](NC(=O)C2=C3NC(=O)N(c4ccc(OC(F)(F)F)cc4C)C4CCNC(S2)C34)C1. The highest BCUT2D eigenvalue weighted by molar-refractivity contribution is 8.04. The van der Waals surface area contributed by atoms with Gasteiger partial charge >= 0.3 is 12.4 Å². The standard InChI is InChI=1S/C25H28F3N5O4S/c1-3-18(34)32-10-4-5-14(12-32)30-22(35)21-20-19-17(8-9-29-23(19)38-21)33(24(36)31-20)16-7-6-15(11-13(16)2)37-25(26,27)28/h3,6-7,11,14,17,19,23,29H,1,4-5,8-10,12H2,2H3,(H,30,35)(H,31,36)/t14-,17?,19?,23?/m1/s1. The van der Waals surface area contributed by atoms with Crippen LogP contribution in [0.3, 0.4) is 0 Å². The largest absolute Gasteiger partial charge is 0.573 e. The van der Waals surface area contributed by atoms with Crippen LogP contribution in [0.5, 0.6) is 5.75 Å². The fourth-order valence-electron chi connectivity index (χ4n) is 5.67. The molecular formula is C25H28F3N5O4S. The van der Waals surface area contributed by atoms with E-state index in [1.54, 1.807) is 16.7 Å². The molecule has 3 saturated heterocycles. The third-order valence-corrected chi connectivity index (χ3v) is 8.61. The molecule has 1 aromatic rings. The first-order chi connectivity index (χ1) is 18.1. The Labute approximate surface area is 221 Å². The van der Waals surface area contributed by atoms with E-state index in [0.29, 0.717) is 47.9 Å². The first-order valence-corrected chi connectivity index (χ1v) is 13.3.